The second kappa shape index (κ2) is 5.38. The average molecular weight is 273 g/mol. The molecule has 1 aromatic carbocycles. The van der Waals surface area contributed by atoms with E-state index in [1.54, 1.807) is 12.1 Å². The Bertz CT molecular complexity index is 679. The van der Waals surface area contributed by atoms with Crippen LogP contribution in [0, 0.1) is 11.3 Å². The summed E-state index contributed by atoms with van der Waals surface area (Å²) >= 11 is 5.96. The van der Waals surface area contributed by atoms with Gasteiger partial charge in [-0.25, -0.2) is 0 Å². The topological polar surface area (TPSA) is 91.8 Å². The number of pyridine rings is 1. The van der Waals surface area contributed by atoms with Crippen LogP contribution < -0.4 is 11.1 Å². The van der Waals surface area contributed by atoms with Gasteiger partial charge in [-0.2, -0.15) is 5.26 Å². The molecule has 0 fully saturated rings. The first-order valence-electron chi connectivity index (χ1n) is 5.32. The quantitative estimate of drug-likeness (QED) is 0.878. The number of carbonyl (C=O) groups is 1. The summed E-state index contributed by atoms with van der Waals surface area (Å²) in [6, 6.07) is 8.09. The fourth-order valence-corrected chi connectivity index (χ4v) is 1.66. The van der Waals surface area contributed by atoms with Crippen molar-refractivity contribution in [3.05, 3.63) is 52.8 Å². The first-order chi connectivity index (χ1) is 9.11. The molecule has 0 unspecified atom stereocenters. The van der Waals surface area contributed by atoms with Crippen molar-refractivity contribution in [1.29, 1.82) is 5.26 Å². The summed E-state index contributed by atoms with van der Waals surface area (Å²) < 4.78 is 0. The molecule has 0 atom stereocenters. The predicted molar refractivity (Wildman–Crippen MR) is 72.8 cm³/mol. The molecule has 94 valence electrons. The summed E-state index contributed by atoms with van der Waals surface area (Å²) in [5.41, 5.74) is 7.00. The number of nitriles is 1. The number of aromatic nitrogens is 1. The summed E-state index contributed by atoms with van der Waals surface area (Å²) in [6.07, 6.45) is 2.86. The largest absolute Gasteiger partial charge is 0.397 e. The summed E-state index contributed by atoms with van der Waals surface area (Å²) in [5.74, 6) is -0.406. The van der Waals surface area contributed by atoms with E-state index >= 15 is 0 Å². The highest BCUT2D eigenvalue weighted by molar-refractivity contribution is 6.34. The number of amides is 1. The molecule has 0 radical (unpaired) electrons. The number of carbonyl (C=O) groups excluding carboxylic acids is 1. The molecule has 2 aromatic rings. The second-order valence-electron chi connectivity index (χ2n) is 3.72. The third kappa shape index (κ3) is 2.81. The second-order valence-corrected chi connectivity index (χ2v) is 4.13. The Morgan fingerprint density at radius 1 is 1.42 bits per heavy atom. The molecular weight excluding hydrogens is 264 g/mol. The van der Waals surface area contributed by atoms with Gasteiger partial charge in [-0.3, -0.25) is 9.78 Å². The van der Waals surface area contributed by atoms with Crippen LogP contribution in [0.3, 0.4) is 0 Å². The number of nitrogens with zero attached hydrogens (tertiary/aromatic N) is 2. The molecule has 0 bridgehead atoms. The lowest BCUT2D eigenvalue weighted by atomic mass is 10.2. The molecule has 0 spiro atoms. The van der Waals surface area contributed by atoms with Crippen LogP contribution in [-0.2, 0) is 0 Å². The number of nitrogen functional groups attached to an aromatic ring is 1. The van der Waals surface area contributed by atoms with Gasteiger partial charge < -0.3 is 11.1 Å². The maximum absolute atomic E-state index is 12.0. The highest BCUT2D eigenvalue weighted by Crippen LogP contribution is 2.24. The molecule has 1 aromatic heterocycles. The lowest BCUT2D eigenvalue weighted by molar-refractivity contribution is 0.102. The summed E-state index contributed by atoms with van der Waals surface area (Å²) in [5, 5.41) is 11.8. The van der Waals surface area contributed by atoms with Crippen molar-refractivity contribution >= 4 is 28.9 Å². The van der Waals surface area contributed by atoms with Gasteiger partial charge in [0.05, 0.1) is 39.8 Å². The van der Waals surface area contributed by atoms with E-state index in [0.717, 1.165) is 0 Å². The van der Waals surface area contributed by atoms with E-state index in [9.17, 15) is 4.79 Å². The fourth-order valence-electron chi connectivity index (χ4n) is 1.49. The first kappa shape index (κ1) is 12.9. The monoisotopic (exact) mass is 272 g/mol. The number of nitrogens with one attached hydrogen (secondary N) is 1. The Labute approximate surface area is 114 Å². The van der Waals surface area contributed by atoms with Gasteiger partial charge in [0.15, 0.2) is 0 Å². The van der Waals surface area contributed by atoms with Gasteiger partial charge in [-0.05, 0) is 24.3 Å². The van der Waals surface area contributed by atoms with Gasteiger partial charge >= 0.3 is 0 Å². The molecule has 0 saturated carbocycles. The molecule has 0 aliphatic rings. The van der Waals surface area contributed by atoms with Gasteiger partial charge in [0.1, 0.15) is 0 Å². The highest BCUT2D eigenvalue weighted by Gasteiger charge is 2.11. The Kier molecular flexibility index (Phi) is 3.64. The zero-order chi connectivity index (χ0) is 13.8. The Morgan fingerprint density at radius 3 is 2.89 bits per heavy atom. The van der Waals surface area contributed by atoms with Crippen molar-refractivity contribution < 1.29 is 4.79 Å². The van der Waals surface area contributed by atoms with Crippen molar-refractivity contribution in [2.24, 2.45) is 0 Å². The van der Waals surface area contributed by atoms with E-state index in [4.69, 9.17) is 22.6 Å². The lowest BCUT2D eigenvalue weighted by Crippen LogP contribution is -2.14. The van der Waals surface area contributed by atoms with E-state index in [-0.39, 0.29) is 5.69 Å². The van der Waals surface area contributed by atoms with Gasteiger partial charge in [0.2, 0.25) is 0 Å². The molecule has 5 nitrogen and oxygen atoms in total. The van der Waals surface area contributed by atoms with Gasteiger partial charge in [-0.15, -0.1) is 0 Å². The van der Waals surface area contributed by atoms with Crippen LogP contribution in [-0.4, -0.2) is 10.9 Å². The zero-order valence-corrected chi connectivity index (χ0v) is 10.5. The molecule has 0 aliphatic carbocycles. The first-order valence-corrected chi connectivity index (χ1v) is 5.70. The lowest BCUT2D eigenvalue weighted by Gasteiger charge is -2.08. The molecule has 6 heteroatoms. The standard InChI is InChI=1S/C13H9ClN4O/c14-10-2-1-8(6-15)5-12(10)18-13(19)9-3-4-17-7-11(9)16/h1-5,7H,16H2,(H,18,19). The van der Waals surface area contributed by atoms with E-state index in [0.29, 0.717) is 21.8 Å². The van der Waals surface area contributed by atoms with Crippen molar-refractivity contribution in [2.75, 3.05) is 11.1 Å². The van der Waals surface area contributed by atoms with Crippen LogP contribution in [0.25, 0.3) is 0 Å². The Hall–Kier alpha value is -2.58. The van der Waals surface area contributed by atoms with Gasteiger partial charge in [0, 0.05) is 6.20 Å². The van der Waals surface area contributed by atoms with Crippen molar-refractivity contribution in [2.45, 2.75) is 0 Å². The minimum absolute atomic E-state index is 0.271. The predicted octanol–water partition coefficient (Wildman–Crippen LogP) is 2.44. The number of anilines is 2. The Morgan fingerprint density at radius 2 is 2.21 bits per heavy atom. The van der Waals surface area contributed by atoms with Crippen molar-refractivity contribution in [3.63, 3.8) is 0 Å². The minimum Gasteiger partial charge on any atom is -0.397 e. The van der Waals surface area contributed by atoms with Gasteiger partial charge in [0.25, 0.3) is 5.91 Å². The van der Waals surface area contributed by atoms with Crippen LogP contribution in [0.15, 0.2) is 36.7 Å². The summed E-state index contributed by atoms with van der Waals surface area (Å²) in [4.78, 5) is 15.8. The Balaban J connectivity index is 2.30. The van der Waals surface area contributed by atoms with Crippen LogP contribution in [0.2, 0.25) is 5.02 Å². The van der Waals surface area contributed by atoms with Crippen LogP contribution in [0.1, 0.15) is 15.9 Å². The number of nitrogens with two attached hydrogens (primary N) is 1. The van der Waals surface area contributed by atoms with Crippen molar-refractivity contribution in [1.82, 2.24) is 4.98 Å². The molecule has 0 aliphatic heterocycles. The summed E-state index contributed by atoms with van der Waals surface area (Å²) in [6.45, 7) is 0. The number of hydrogen-bond donors (Lipinski definition) is 2. The molecule has 2 rings (SSSR count). The zero-order valence-electron chi connectivity index (χ0n) is 9.72. The van der Waals surface area contributed by atoms with Crippen LogP contribution in [0.4, 0.5) is 11.4 Å². The van der Waals surface area contributed by atoms with Gasteiger partial charge in [-0.1, -0.05) is 11.6 Å². The average Bonchev–Trinajstić information content (AvgIpc) is 2.41. The third-order valence-electron chi connectivity index (χ3n) is 2.44. The highest BCUT2D eigenvalue weighted by atomic mass is 35.5. The molecular formula is C13H9ClN4O. The number of rotatable bonds is 2. The smallest absolute Gasteiger partial charge is 0.257 e. The molecule has 1 heterocycles. The van der Waals surface area contributed by atoms with Crippen molar-refractivity contribution in [3.8, 4) is 6.07 Å². The van der Waals surface area contributed by atoms with E-state index in [1.807, 2.05) is 6.07 Å². The fraction of sp³-hybridized carbons (Fsp3) is 0. The summed E-state index contributed by atoms with van der Waals surface area (Å²) in [7, 11) is 0. The maximum Gasteiger partial charge on any atom is 0.257 e. The molecule has 0 saturated heterocycles. The van der Waals surface area contributed by atoms with E-state index < -0.39 is 5.91 Å². The van der Waals surface area contributed by atoms with Crippen LogP contribution >= 0.6 is 11.6 Å². The number of halogens is 1. The van der Waals surface area contributed by atoms with E-state index in [2.05, 4.69) is 10.3 Å². The minimum atomic E-state index is -0.406. The maximum atomic E-state index is 12.0. The van der Waals surface area contributed by atoms with Crippen LogP contribution in [0.5, 0.6) is 0 Å². The molecule has 19 heavy (non-hydrogen) atoms. The third-order valence-corrected chi connectivity index (χ3v) is 2.77. The normalized spacial score (nSPS) is 9.68. The molecule has 1 amide bonds. The number of hydrogen-bond acceptors (Lipinski definition) is 4. The molecule has 3 N–H and O–H groups in total. The van der Waals surface area contributed by atoms with E-state index in [1.165, 1.54) is 24.5 Å². The SMILES string of the molecule is N#Cc1ccc(Cl)c(NC(=O)c2ccncc2N)c1. The number of benzene rings is 1.